The summed E-state index contributed by atoms with van der Waals surface area (Å²) in [5.41, 5.74) is 2.77. The second-order valence-electron chi connectivity index (χ2n) is 4.93. The SMILES string of the molecule is Cc1cn(C2CCNCC2)nc1C1CC1. The summed E-state index contributed by atoms with van der Waals surface area (Å²) in [7, 11) is 0. The lowest BCUT2D eigenvalue weighted by Crippen LogP contribution is -2.29. The first-order valence-electron chi connectivity index (χ1n) is 6.11. The molecule has 1 saturated carbocycles. The van der Waals surface area contributed by atoms with Crippen LogP contribution in [-0.4, -0.2) is 22.9 Å². The first kappa shape index (κ1) is 9.40. The minimum atomic E-state index is 0.637. The van der Waals surface area contributed by atoms with E-state index in [1.807, 2.05) is 0 Å². The minimum absolute atomic E-state index is 0.637. The number of nitrogens with zero attached hydrogens (tertiary/aromatic N) is 2. The third kappa shape index (κ3) is 1.81. The van der Waals surface area contributed by atoms with Crippen LogP contribution >= 0.6 is 0 Å². The fourth-order valence-electron chi connectivity index (χ4n) is 2.52. The highest BCUT2D eigenvalue weighted by Gasteiger charge is 2.29. The molecular weight excluding hydrogens is 186 g/mol. The van der Waals surface area contributed by atoms with Crippen molar-refractivity contribution in [2.75, 3.05) is 13.1 Å². The molecule has 0 unspecified atom stereocenters. The molecule has 1 aliphatic carbocycles. The first-order valence-corrected chi connectivity index (χ1v) is 6.11. The Hall–Kier alpha value is -0.830. The summed E-state index contributed by atoms with van der Waals surface area (Å²) in [5, 5.41) is 8.18. The zero-order valence-electron chi connectivity index (χ0n) is 9.37. The van der Waals surface area contributed by atoms with Crippen LogP contribution in [0.4, 0.5) is 0 Å². The van der Waals surface area contributed by atoms with Crippen LogP contribution in [0.25, 0.3) is 0 Å². The van der Waals surface area contributed by atoms with E-state index in [-0.39, 0.29) is 0 Å². The second-order valence-corrected chi connectivity index (χ2v) is 4.93. The van der Waals surface area contributed by atoms with E-state index in [4.69, 9.17) is 5.10 Å². The van der Waals surface area contributed by atoms with Gasteiger partial charge in [0, 0.05) is 12.1 Å². The number of hydrogen-bond donors (Lipinski definition) is 1. The summed E-state index contributed by atoms with van der Waals surface area (Å²) in [6.07, 6.45) is 7.41. The van der Waals surface area contributed by atoms with E-state index in [9.17, 15) is 0 Å². The normalized spacial score (nSPS) is 23.3. The Morgan fingerprint density at radius 2 is 2.00 bits per heavy atom. The van der Waals surface area contributed by atoms with Crippen molar-refractivity contribution < 1.29 is 0 Å². The van der Waals surface area contributed by atoms with E-state index in [2.05, 4.69) is 23.1 Å². The number of rotatable bonds is 2. The van der Waals surface area contributed by atoms with E-state index in [0.717, 1.165) is 19.0 Å². The lowest BCUT2D eigenvalue weighted by Gasteiger charge is -2.22. The molecule has 3 heteroatoms. The van der Waals surface area contributed by atoms with Crippen molar-refractivity contribution in [1.82, 2.24) is 15.1 Å². The predicted octanol–water partition coefficient (Wildman–Crippen LogP) is 1.99. The van der Waals surface area contributed by atoms with Crippen LogP contribution in [0.1, 0.15) is 48.9 Å². The predicted molar refractivity (Wildman–Crippen MR) is 60.1 cm³/mol. The molecule has 3 rings (SSSR count). The van der Waals surface area contributed by atoms with Crippen molar-refractivity contribution in [1.29, 1.82) is 0 Å². The van der Waals surface area contributed by atoms with Gasteiger partial charge in [-0.15, -0.1) is 0 Å². The van der Waals surface area contributed by atoms with Gasteiger partial charge in [-0.1, -0.05) is 0 Å². The molecule has 1 saturated heterocycles. The molecule has 1 aliphatic heterocycles. The Morgan fingerprint density at radius 3 is 2.67 bits per heavy atom. The van der Waals surface area contributed by atoms with E-state index >= 15 is 0 Å². The molecule has 0 radical (unpaired) electrons. The maximum absolute atomic E-state index is 4.78. The third-order valence-electron chi connectivity index (χ3n) is 3.60. The van der Waals surface area contributed by atoms with Gasteiger partial charge in [0.15, 0.2) is 0 Å². The van der Waals surface area contributed by atoms with Crippen LogP contribution in [0, 0.1) is 6.92 Å². The van der Waals surface area contributed by atoms with Crippen molar-refractivity contribution in [3.8, 4) is 0 Å². The van der Waals surface area contributed by atoms with E-state index in [0.29, 0.717) is 6.04 Å². The van der Waals surface area contributed by atoms with Crippen molar-refractivity contribution in [2.24, 2.45) is 0 Å². The average Bonchev–Trinajstić information content (AvgIpc) is 3.04. The summed E-state index contributed by atoms with van der Waals surface area (Å²) in [6, 6.07) is 0.637. The highest BCUT2D eigenvalue weighted by Crippen LogP contribution is 2.40. The maximum atomic E-state index is 4.78. The highest BCUT2D eigenvalue weighted by molar-refractivity contribution is 5.23. The molecule has 0 aromatic carbocycles. The molecule has 82 valence electrons. The van der Waals surface area contributed by atoms with Gasteiger partial charge in [0.25, 0.3) is 0 Å². The number of piperidine rings is 1. The van der Waals surface area contributed by atoms with Crippen LogP contribution < -0.4 is 5.32 Å². The second kappa shape index (κ2) is 3.63. The van der Waals surface area contributed by atoms with Gasteiger partial charge >= 0.3 is 0 Å². The summed E-state index contributed by atoms with van der Waals surface area (Å²) in [5.74, 6) is 0.785. The average molecular weight is 205 g/mol. The van der Waals surface area contributed by atoms with Crippen LogP contribution in [0.5, 0.6) is 0 Å². The summed E-state index contributed by atoms with van der Waals surface area (Å²) >= 11 is 0. The van der Waals surface area contributed by atoms with Gasteiger partial charge in [0.1, 0.15) is 0 Å². The standard InChI is InChI=1S/C12H19N3/c1-9-8-15(11-4-6-13-7-5-11)14-12(9)10-2-3-10/h8,10-11,13H,2-7H2,1H3. The van der Waals surface area contributed by atoms with Gasteiger partial charge in [0.2, 0.25) is 0 Å². The quantitative estimate of drug-likeness (QED) is 0.800. The molecule has 2 heterocycles. The fraction of sp³-hybridized carbons (Fsp3) is 0.750. The first-order chi connectivity index (χ1) is 7.34. The van der Waals surface area contributed by atoms with Crippen LogP contribution in [-0.2, 0) is 0 Å². The zero-order valence-corrected chi connectivity index (χ0v) is 9.37. The monoisotopic (exact) mass is 205 g/mol. The molecule has 1 aromatic rings. The number of nitrogens with one attached hydrogen (secondary N) is 1. The summed E-state index contributed by atoms with van der Waals surface area (Å²) in [6.45, 7) is 4.49. The van der Waals surface area contributed by atoms with Gasteiger partial charge < -0.3 is 5.32 Å². The number of hydrogen-bond acceptors (Lipinski definition) is 2. The maximum Gasteiger partial charge on any atom is 0.0684 e. The Bertz CT molecular complexity index is 346. The third-order valence-corrected chi connectivity index (χ3v) is 3.60. The molecule has 0 spiro atoms. The lowest BCUT2D eigenvalue weighted by atomic mass is 10.1. The molecular formula is C12H19N3. The topological polar surface area (TPSA) is 29.9 Å². The highest BCUT2D eigenvalue weighted by atomic mass is 15.3. The molecule has 1 N–H and O–H groups in total. The molecule has 2 aliphatic rings. The van der Waals surface area contributed by atoms with Gasteiger partial charge in [-0.25, -0.2) is 0 Å². The smallest absolute Gasteiger partial charge is 0.0684 e. The molecule has 0 amide bonds. The molecule has 1 aromatic heterocycles. The van der Waals surface area contributed by atoms with Crippen molar-refractivity contribution in [3.05, 3.63) is 17.5 Å². The Morgan fingerprint density at radius 1 is 1.27 bits per heavy atom. The van der Waals surface area contributed by atoms with Crippen molar-refractivity contribution in [2.45, 2.75) is 44.6 Å². The molecule has 0 atom stereocenters. The van der Waals surface area contributed by atoms with E-state index < -0.39 is 0 Å². The van der Waals surface area contributed by atoms with Crippen LogP contribution in [0.15, 0.2) is 6.20 Å². The minimum Gasteiger partial charge on any atom is -0.317 e. The number of aromatic nitrogens is 2. The van der Waals surface area contributed by atoms with E-state index in [1.54, 1.807) is 0 Å². The summed E-state index contributed by atoms with van der Waals surface area (Å²) < 4.78 is 2.23. The van der Waals surface area contributed by atoms with Gasteiger partial charge in [-0.3, -0.25) is 4.68 Å². The molecule has 3 nitrogen and oxygen atoms in total. The van der Waals surface area contributed by atoms with Gasteiger partial charge in [-0.05, 0) is 51.3 Å². The van der Waals surface area contributed by atoms with Crippen LogP contribution in [0.3, 0.4) is 0 Å². The fourth-order valence-corrected chi connectivity index (χ4v) is 2.52. The van der Waals surface area contributed by atoms with Gasteiger partial charge in [0.05, 0.1) is 11.7 Å². The Balaban J connectivity index is 1.81. The van der Waals surface area contributed by atoms with Crippen molar-refractivity contribution in [3.63, 3.8) is 0 Å². The molecule has 2 fully saturated rings. The molecule has 0 bridgehead atoms. The van der Waals surface area contributed by atoms with Crippen molar-refractivity contribution >= 4 is 0 Å². The van der Waals surface area contributed by atoms with E-state index in [1.165, 1.54) is 36.9 Å². The van der Waals surface area contributed by atoms with Gasteiger partial charge in [-0.2, -0.15) is 5.10 Å². The summed E-state index contributed by atoms with van der Waals surface area (Å²) in [4.78, 5) is 0. The van der Waals surface area contributed by atoms with Crippen LogP contribution in [0.2, 0.25) is 0 Å². The largest absolute Gasteiger partial charge is 0.317 e. The molecule has 15 heavy (non-hydrogen) atoms. The lowest BCUT2D eigenvalue weighted by molar-refractivity contribution is 0.341. The zero-order chi connectivity index (χ0) is 10.3. The Kier molecular flexibility index (Phi) is 2.28. The Labute approximate surface area is 90.9 Å². The number of aryl methyl sites for hydroxylation is 1.